The first-order valence-corrected chi connectivity index (χ1v) is 7.81. The molecule has 3 N–H and O–H groups in total. The van der Waals surface area contributed by atoms with Crippen LogP contribution >= 0.6 is 23.4 Å². The topological polar surface area (TPSA) is 78.9 Å². The molecule has 21 heavy (non-hydrogen) atoms. The summed E-state index contributed by atoms with van der Waals surface area (Å²) in [5.74, 6) is -1.09. The minimum Gasteiger partial charge on any atom is -0.366 e. The SMILES string of the molecule is CSC1=C(C#N)[C@@H](c2ccccc2Cl)C(C(N)=O)=C(C)N1. The van der Waals surface area contributed by atoms with Gasteiger partial charge in [-0.2, -0.15) is 5.26 Å². The summed E-state index contributed by atoms with van der Waals surface area (Å²) >= 11 is 7.67. The lowest BCUT2D eigenvalue weighted by atomic mass is 9.82. The number of amides is 1. The van der Waals surface area contributed by atoms with E-state index in [0.717, 1.165) is 0 Å². The van der Waals surface area contributed by atoms with Gasteiger partial charge in [0.15, 0.2) is 0 Å². The highest BCUT2D eigenvalue weighted by atomic mass is 35.5. The molecule has 0 aliphatic carbocycles. The quantitative estimate of drug-likeness (QED) is 0.898. The van der Waals surface area contributed by atoms with E-state index in [2.05, 4.69) is 11.4 Å². The highest BCUT2D eigenvalue weighted by Crippen LogP contribution is 2.41. The Labute approximate surface area is 132 Å². The minimum absolute atomic E-state index is 0.373. The van der Waals surface area contributed by atoms with Gasteiger partial charge in [0, 0.05) is 16.3 Å². The zero-order valence-corrected chi connectivity index (χ0v) is 13.2. The number of hydrogen-bond donors (Lipinski definition) is 2. The molecule has 2 rings (SSSR count). The summed E-state index contributed by atoms with van der Waals surface area (Å²) < 4.78 is 0. The predicted molar refractivity (Wildman–Crippen MR) is 85.4 cm³/mol. The van der Waals surface area contributed by atoms with Crippen molar-refractivity contribution in [2.75, 3.05) is 6.26 Å². The molecule has 108 valence electrons. The second-order valence-electron chi connectivity index (χ2n) is 4.54. The number of nitrogens with zero attached hydrogens (tertiary/aromatic N) is 1. The van der Waals surface area contributed by atoms with Crippen molar-refractivity contribution >= 4 is 29.3 Å². The molecule has 1 aromatic rings. The van der Waals surface area contributed by atoms with Crippen LogP contribution in [0, 0.1) is 11.3 Å². The van der Waals surface area contributed by atoms with Crippen LogP contribution in [0.4, 0.5) is 0 Å². The van der Waals surface area contributed by atoms with Crippen molar-refractivity contribution in [3.63, 3.8) is 0 Å². The molecule has 0 spiro atoms. The Morgan fingerprint density at radius 3 is 2.67 bits per heavy atom. The first-order valence-electron chi connectivity index (χ1n) is 6.21. The van der Waals surface area contributed by atoms with Crippen molar-refractivity contribution < 1.29 is 4.79 Å². The van der Waals surface area contributed by atoms with Gasteiger partial charge in [-0.05, 0) is 24.8 Å². The van der Waals surface area contributed by atoms with Gasteiger partial charge in [0.05, 0.1) is 22.6 Å². The molecule has 0 radical (unpaired) electrons. The highest BCUT2D eigenvalue weighted by Gasteiger charge is 2.34. The van der Waals surface area contributed by atoms with Crippen LogP contribution in [-0.2, 0) is 4.79 Å². The fraction of sp³-hybridized carbons (Fsp3) is 0.200. The molecule has 0 unspecified atom stereocenters. The lowest BCUT2D eigenvalue weighted by Crippen LogP contribution is -2.31. The van der Waals surface area contributed by atoms with Gasteiger partial charge < -0.3 is 11.1 Å². The number of hydrogen-bond acceptors (Lipinski definition) is 4. The highest BCUT2D eigenvalue weighted by molar-refractivity contribution is 8.02. The Morgan fingerprint density at radius 1 is 1.48 bits per heavy atom. The van der Waals surface area contributed by atoms with Crippen LogP contribution in [0.15, 0.2) is 46.1 Å². The van der Waals surface area contributed by atoms with Crippen molar-refractivity contribution in [2.24, 2.45) is 5.73 Å². The molecule has 0 fully saturated rings. The summed E-state index contributed by atoms with van der Waals surface area (Å²) in [5, 5.41) is 13.8. The van der Waals surface area contributed by atoms with Crippen LogP contribution < -0.4 is 11.1 Å². The number of rotatable bonds is 3. The van der Waals surface area contributed by atoms with Crippen molar-refractivity contribution in [2.45, 2.75) is 12.8 Å². The molecule has 1 amide bonds. The van der Waals surface area contributed by atoms with Gasteiger partial charge in [0.25, 0.3) is 0 Å². The maximum absolute atomic E-state index is 11.9. The molecule has 1 aromatic carbocycles. The fourth-order valence-electron chi connectivity index (χ4n) is 2.42. The minimum atomic E-state index is -0.558. The molecular formula is C15H14ClN3OS. The summed E-state index contributed by atoms with van der Waals surface area (Å²) in [7, 11) is 0. The maximum atomic E-state index is 11.9. The Balaban J connectivity index is 2.73. The van der Waals surface area contributed by atoms with E-state index in [9.17, 15) is 10.1 Å². The largest absolute Gasteiger partial charge is 0.366 e. The number of nitrogens with one attached hydrogen (secondary N) is 1. The Bertz CT molecular complexity index is 703. The molecule has 1 aliphatic heterocycles. The molecule has 0 saturated heterocycles. The molecule has 0 aromatic heterocycles. The monoisotopic (exact) mass is 319 g/mol. The average molecular weight is 320 g/mol. The molecule has 0 saturated carbocycles. The smallest absolute Gasteiger partial charge is 0.247 e. The maximum Gasteiger partial charge on any atom is 0.247 e. The van der Waals surface area contributed by atoms with Crippen LogP contribution in [-0.4, -0.2) is 12.2 Å². The number of benzene rings is 1. The van der Waals surface area contributed by atoms with E-state index in [-0.39, 0.29) is 0 Å². The number of carbonyl (C=O) groups is 1. The van der Waals surface area contributed by atoms with Crippen LogP contribution in [0.5, 0.6) is 0 Å². The van der Waals surface area contributed by atoms with E-state index < -0.39 is 11.8 Å². The second kappa shape index (κ2) is 6.25. The molecular weight excluding hydrogens is 306 g/mol. The summed E-state index contributed by atoms with van der Waals surface area (Å²) in [4.78, 5) is 11.9. The van der Waals surface area contributed by atoms with Gasteiger partial charge in [-0.1, -0.05) is 29.8 Å². The van der Waals surface area contributed by atoms with Crippen LogP contribution in [0.1, 0.15) is 18.4 Å². The molecule has 1 aliphatic rings. The number of allylic oxidation sites excluding steroid dienone is 2. The number of carbonyl (C=O) groups excluding carboxylic acids is 1. The van der Waals surface area contributed by atoms with Crippen LogP contribution in [0.25, 0.3) is 0 Å². The van der Waals surface area contributed by atoms with Crippen molar-refractivity contribution in [1.82, 2.24) is 5.32 Å². The summed E-state index contributed by atoms with van der Waals surface area (Å²) in [6, 6.07) is 9.36. The van der Waals surface area contributed by atoms with Crippen molar-refractivity contribution in [3.8, 4) is 6.07 Å². The molecule has 0 bridgehead atoms. The molecule has 6 heteroatoms. The number of primary amides is 1. The lowest BCUT2D eigenvalue weighted by Gasteiger charge is -2.29. The van der Waals surface area contributed by atoms with Crippen LogP contribution in [0.3, 0.4) is 0 Å². The lowest BCUT2D eigenvalue weighted by molar-refractivity contribution is -0.114. The number of thioether (sulfide) groups is 1. The molecule has 1 heterocycles. The van der Waals surface area contributed by atoms with Gasteiger partial charge in [-0.3, -0.25) is 4.79 Å². The van der Waals surface area contributed by atoms with E-state index in [4.69, 9.17) is 17.3 Å². The van der Waals surface area contributed by atoms with Crippen LogP contribution in [0.2, 0.25) is 5.02 Å². The third-order valence-electron chi connectivity index (χ3n) is 3.33. The predicted octanol–water partition coefficient (Wildman–Crippen LogP) is 2.88. The van der Waals surface area contributed by atoms with Crippen molar-refractivity contribution in [1.29, 1.82) is 5.26 Å². The zero-order valence-electron chi connectivity index (χ0n) is 11.6. The molecule has 1 atom stereocenters. The third kappa shape index (κ3) is 2.78. The average Bonchev–Trinajstić information content (AvgIpc) is 2.46. The van der Waals surface area contributed by atoms with Gasteiger partial charge >= 0.3 is 0 Å². The summed E-state index contributed by atoms with van der Waals surface area (Å²) in [6.07, 6.45) is 1.87. The summed E-state index contributed by atoms with van der Waals surface area (Å²) in [5.41, 5.74) is 7.70. The Hall–Kier alpha value is -1.90. The van der Waals surface area contributed by atoms with Crippen molar-refractivity contribution in [3.05, 3.63) is 56.7 Å². The van der Waals surface area contributed by atoms with E-state index in [1.807, 2.05) is 18.4 Å². The number of halogens is 1. The number of nitrogens with two attached hydrogens (primary N) is 1. The molecule has 4 nitrogen and oxygen atoms in total. The van der Waals surface area contributed by atoms with Gasteiger partial charge in [0.1, 0.15) is 0 Å². The fourth-order valence-corrected chi connectivity index (χ4v) is 3.30. The van der Waals surface area contributed by atoms with E-state index >= 15 is 0 Å². The zero-order chi connectivity index (χ0) is 15.6. The third-order valence-corrected chi connectivity index (χ3v) is 4.41. The number of nitriles is 1. The normalized spacial score (nSPS) is 18.3. The Morgan fingerprint density at radius 2 is 2.14 bits per heavy atom. The van der Waals surface area contributed by atoms with Gasteiger partial charge in [-0.15, -0.1) is 11.8 Å². The summed E-state index contributed by atoms with van der Waals surface area (Å²) in [6.45, 7) is 1.77. The van der Waals surface area contributed by atoms with Gasteiger partial charge in [0.2, 0.25) is 5.91 Å². The van der Waals surface area contributed by atoms with E-state index in [0.29, 0.717) is 32.5 Å². The van der Waals surface area contributed by atoms with E-state index in [1.54, 1.807) is 19.1 Å². The first-order chi connectivity index (χ1) is 10.0. The number of dihydropyridines is 1. The second-order valence-corrected chi connectivity index (χ2v) is 5.76. The first kappa shape index (κ1) is 15.5. The standard InChI is InChI=1S/C15H14ClN3OS/c1-8-12(14(18)20)13(9-5-3-4-6-11(9)16)10(7-17)15(19-8)21-2/h3-6,13,19H,1-2H3,(H2,18,20)/t13-/m1/s1. The van der Waals surface area contributed by atoms with Gasteiger partial charge in [-0.25, -0.2) is 0 Å². The van der Waals surface area contributed by atoms with E-state index in [1.165, 1.54) is 11.8 Å². The Kier molecular flexibility index (Phi) is 4.61.